The third-order valence-electron chi connectivity index (χ3n) is 3.52. The van der Waals surface area contributed by atoms with Gasteiger partial charge < -0.3 is 10.2 Å². The molecular formula is C18H15ClFN3OS. The highest BCUT2D eigenvalue weighted by Gasteiger charge is 2.16. The van der Waals surface area contributed by atoms with Crippen LogP contribution in [-0.2, 0) is 0 Å². The van der Waals surface area contributed by atoms with Gasteiger partial charge in [0, 0.05) is 24.7 Å². The Hall–Kier alpha value is -2.44. The maximum Gasteiger partial charge on any atom is 0.267 e. The van der Waals surface area contributed by atoms with Crippen LogP contribution < -0.4 is 10.2 Å². The number of benzene rings is 2. The van der Waals surface area contributed by atoms with Crippen LogP contribution >= 0.6 is 22.9 Å². The molecule has 128 valence electrons. The van der Waals surface area contributed by atoms with Crippen LogP contribution in [0, 0.1) is 5.82 Å². The van der Waals surface area contributed by atoms with Gasteiger partial charge in [-0.15, -0.1) is 11.3 Å². The van der Waals surface area contributed by atoms with Crippen LogP contribution in [0.3, 0.4) is 0 Å². The van der Waals surface area contributed by atoms with Crippen LogP contribution in [0.1, 0.15) is 9.67 Å². The second kappa shape index (κ2) is 7.21. The lowest BCUT2D eigenvalue weighted by Gasteiger charge is -2.17. The van der Waals surface area contributed by atoms with Crippen LogP contribution in [0.5, 0.6) is 0 Å². The van der Waals surface area contributed by atoms with E-state index in [0.717, 1.165) is 17.0 Å². The number of rotatable bonds is 4. The summed E-state index contributed by atoms with van der Waals surface area (Å²) in [6.07, 6.45) is 1.45. The van der Waals surface area contributed by atoms with Crippen molar-refractivity contribution in [2.24, 2.45) is 0 Å². The molecule has 25 heavy (non-hydrogen) atoms. The Morgan fingerprint density at radius 3 is 2.72 bits per heavy atom. The molecule has 3 aromatic rings. The van der Waals surface area contributed by atoms with E-state index in [9.17, 15) is 9.18 Å². The van der Waals surface area contributed by atoms with Crippen molar-refractivity contribution in [1.82, 2.24) is 4.98 Å². The molecule has 0 spiro atoms. The number of amides is 1. The van der Waals surface area contributed by atoms with E-state index in [4.69, 9.17) is 11.6 Å². The zero-order chi connectivity index (χ0) is 18.0. The van der Waals surface area contributed by atoms with E-state index in [-0.39, 0.29) is 11.7 Å². The molecule has 2 aromatic carbocycles. The van der Waals surface area contributed by atoms with Crippen LogP contribution in [-0.4, -0.2) is 25.0 Å². The first-order valence-electron chi connectivity index (χ1n) is 7.44. The molecule has 4 nitrogen and oxygen atoms in total. The van der Waals surface area contributed by atoms with E-state index >= 15 is 0 Å². The van der Waals surface area contributed by atoms with Crippen LogP contribution in [0.4, 0.5) is 15.8 Å². The number of carbonyl (C=O) groups excluding carboxylic acids is 1. The van der Waals surface area contributed by atoms with Gasteiger partial charge in [-0.2, -0.15) is 0 Å². The number of hydrogen-bond acceptors (Lipinski definition) is 4. The monoisotopic (exact) mass is 375 g/mol. The van der Waals surface area contributed by atoms with Gasteiger partial charge in [0.1, 0.15) is 15.7 Å². The average Bonchev–Trinajstić information content (AvgIpc) is 3.05. The fourth-order valence-corrected chi connectivity index (χ4v) is 3.33. The van der Waals surface area contributed by atoms with Crippen LogP contribution in [0.15, 0.2) is 48.7 Å². The van der Waals surface area contributed by atoms with Crippen molar-refractivity contribution in [3.05, 3.63) is 64.4 Å². The highest BCUT2D eigenvalue weighted by atomic mass is 35.5. The van der Waals surface area contributed by atoms with Crippen molar-refractivity contribution in [3.63, 3.8) is 0 Å². The van der Waals surface area contributed by atoms with Gasteiger partial charge in [-0.1, -0.05) is 23.7 Å². The molecule has 0 unspecified atom stereocenters. The number of anilines is 2. The summed E-state index contributed by atoms with van der Waals surface area (Å²) in [7, 11) is 3.75. The first kappa shape index (κ1) is 17.4. The van der Waals surface area contributed by atoms with Gasteiger partial charge in [0.15, 0.2) is 0 Å². The van der Waals surface area contributed by atoms with Gasteiger partial charge >= 0.3 is 0 Å². The van der Waals surface area contributed by atoms with Crippen molar-refractivity contribution >= 4 is 40.2 Å². The molecule has 0 radical (unpaired) electrons. The van der Waals surface area contributed by atoms with Crippen molar-refractivity contribution in [1.29, 1.82) is 0 Å². The molecule has 1 aromatic heterocycles. The van der Waals surface area contributed by atoms with Gasteiger partial charge in [0.25, 0.3) is 5.91 Å². The first-order chi connectivity index (χ1) is 12.0. The highest BCUT2D eigenvalue weighted by molar-refractivity contribution is 7.17. The molecule has 1 amide bonds. The summed E-state index contributed by atoms with van der Waals surface area (Å²) in [6, 6.07) is 11.6. The summed E-state index contributed by atoms with van der Waals surface area (Å²) in [5, 5.41) is 3.83. The van der Waals surface area contributed by atoms with Gasteiger partial charge in [0.05, 0.1) is 17.6 Å². The van der Waals surface area contributed by atoms with E-state index in [1.165, 1.54) is 12.3 Å². The smallest absolute Gasteiger partial charge is 0.267 e. The second-order valence-corrected chi connectivity index (χ2v) is 6.99. The molecule has 0 aliphatic carbocycles. The molecule has 0 atom stereocenters. The molecule has 7 heteroatoms. The minimum atomic E-state index is -0.367. The Morgan fingerprint density at radius 1 is 1.24 bits per heavy atom. The molecular weight excluding hydrogens is 361 g/mol. The number of halogens is 2. The Bertz CT molecular complexity index is 926. The van der Waals surface area contributed by atoms with E-state index < -0.39 is 0 Å². The summed E-state index contributed by atoms with van der Waals surface area (Å²) < 4.78 is 13.9. The van der Waals surface area contributed by atoms with E-state index in [1.807, 2.05) is 25.1 Å². The maximum absolute atomic E-state index is 13.9. The summed E-state index contributed by atoms with van der Waals surface area (Å²) in [5.41, 5.74) is 1.81. The molecule has 0 saturated carbocycles. The summed E-state index contributed by atoms with van der Waals surface area (Å²) in [4.78, 5) is 19.0. The Morgan fingerprint density at radius 2 is 2.00 bits per heavy atom. The predicted octanol–water partition coefficient (Wildman–Crippen LogP) is 4.92. The van der Waals surface area contributed by atoms with Crippen LogP contribution in [0.25, 0.3) is 10.6 Å². The molecule has 0 fully saturated rings. The zero-order valence-electron chi connectivity index (χ0n) is 13.6. The fourth-order valence-electron chi connectivity index (χ4n) is 2.32. The predicted molar refractivity (Wildman–Crippen MR) is 101 cm³/mol. The van der Waals surface area contributed by atoms with E-state index in [0.29, 0.717) is 26.2 Å². The summed E-state index contributed by atoms with van der Waals surface area (Å²) in [5.74, 6) is -0.681. The quantitative estimate of drug-likeness (QED) is 0.703. The Kier molecular flexibility index (Phi) is 5.01. The number of nitrogens with one attached hydrogen (secondary N) is 1. The molecule has 3 rings (SSSR count). The van der Waals surface area contributed by atoms with Gasteiger partial charge in [-0.25, -0.2) is 9.37 Å². The maximum atomic E-state index is 13.9. The van der Waals surface area contributed by atoms with Crippen molar-refractivity contribution in [3.8, 4) is 10.6 Å². The SMILES string of the molecule is CN(C)c1ccc(Cl)cc1NC(=O)c1cnc(-c2ccccc2F)s1. The first-order valence-corrected chi connectivity index (χ1v) is 8.64. The number of hydrogen-bond donors (Lipinski definition) is 1. The second-order valence-electron chi connectivity index (χ2n) is 5.52. The van der Waals surface area contributed by atoms with Gasteiger partial charge in [-0.05, 0) is 30.3 Å². The molecule has 0 aliphatic rings. The largest absolute Gasteiger partial charge is 0.376 e. The van der Waals surface area contributed by atoms with E-state index in [1.54, 1.807) is 30.3 Å². The summed E-state index contributed by atoms with van der Waals surface area (Å²) >= 11 is 7.17. The number of aromatic nitrogens is 1. The average molecular weight is 376 g/mol. The number of thiazole rings is 1. The molecule has 0 bridgehead atoms. The molecule has 0 aliphatic heterocycles. The normalized spacial score (nSPS) is 10.6. The lowest BCUT2D eigenvalue weighted by atomic mass is 10.2. The lowest BCUT2D eigenvalue weighted by Crippen LogP contribution is -2.16. The Labute approximate surface area is 153 Å². The standard InChI is InChI=1S/C18H15ClFN3OS/c1-23(2)15-8-7-11(19)9-14(15)22-17(24)16-10-21-18(25-16)12-5-3-4-6-13(12)20/h3-10H,1-2H3,(H,22,24). The molecule has 0 saturated heterocycles. The fraction of sp³-hybridized carbons (Fsp3) is 0.111. The summed E-state index contributed by atoms with van der Waals surface area (Å²) in [6.45, 7) is 0. The van der Waals surface area contributed by atoms with Crippen molar-refractivity contribution < 1.29 is 9.18 Å². The Balaban J connectivity index is 1.86. The lowest BCUT2D eigenvalue weighted by molar-refractivity contribution is 0.103. The van der Waals surface area contributed by atoms with Gasteiger partial charge in [0.2, 0.25) is 0 Å². The third kappa shape index (κ3) is 3.81. The molecule has 1 N–H and O–H groups in total. The highest BCUT2D eigenvalue weighted by Crippen LogP contribution is 2.30. The van der Waals surface area contributed by atoms with Crippen molar-refractivity contribution in [2.75, 3.05) is 24.3 Å². The third-order valence-corrected chi connectivity index (χ3v) is 4.79. The zero-order valence-corrected chi connectivity index (χ0v) is 15.2. The topological polar surface area (TPSA) is 45.2 Å². The van der Waals surface area contributed by atoms with Crippen LogP contribution in [0.2, 0.25) is 5.02 Å². The minimum absolute atomic E-state index is 0.314. The van der Waals surface area contributed by atoms with E-state index in [2.05, 4.69) is 10.3 Å². The minimum Gasteiger partial charge on any atom is -0.376 e. The number of carbonyl (C=O) groups is 1. The number of nitrogens with zero attached hydrogens (tertiary/aromatic N) is 2. The van der Waals surface area contributed by atoms with Gasteiger partial charge in [-0.3, -0.25) is 4.79 Å². The van der Waals surface area contributed by atoms with Crippen molar-refractivity contribution in [2.45, 2.75) is 0 Å². The molecule has 1 heterocycles.